The average molecular weight is 523 g/mol. The number of ether oxygens (including phenoxy) is 1. The maximum absolute atomic E-state index is 12.7. The molecule has 2 fully saturated rings. The SMILES string of the molecule is CC(C)(C)OC(=O)N1C2CCC1CN(c1nc(Cl)nc3c(Cl)c(Br)c(Cl)cc13)C2. The molecule has 3 heterocycles. The molecule has 2 aliphatic heterocycles. The Labute approximate surface area is 192 Å². The van der Waals surface area contributed by atoms with Gasteiger partial charge in [0.05, 0.1) is 32.1 Å². The van der Waals surface area contributed by atoms with Crippen LogP contribution in [0.5, 0.6) is 0 Å². The Balaban J connectivity index is 1.68. The zero-order valence-electron chi connectivity index (χ0n) is 16.2. The molecule has 0 radical (unpaired) electrons. The van der Waals surface area contributed by atoms with Crippen molar-refractivity contribution in [1.82, 2.24) is 14.9 Å². The van der Waals surface area contributed by atoms with Gasteiger partial charge in [0.25, 0.3) is 0 Å². The average Bonchev–Trinajstić information content (AvgIpc) is 2.89. The molecule has 4 rings (SSSR count). The minimum atomic E-state index is -0.523. The van der Waals surface area contributed by atoms with Crippen molar-refractivity contribution < 1.29 is 9.53 Å². The van der Waals surface area contributed by atoms with E-state index in [1.165, 1.54) is 0 Å². The van der Waals surface area contributed by atoms with E-state index in [1.807, 2.05) is 25.7 Å². The molecule has 2 aromatic rings. The number of rotatable bonds is 1. The second kappa shape index (κ2) is 7.59. The summed E-state index contributed by atoms with van der Waals surface area (Å²) in [6.45, 7) is 6.89. The smallest absolute Gasteiger partial charge is 0.410 e. The molecule has 2 unspecified atom stereocenters. The van der Waals surface area contributed by atoms with Gasteiger partial charge in [0.1, 0.15) is 11.4 Å². The number of carbonyl (C=O) groups excluding carboxylic acids is 1. The molecule has 1 aromatic heterocycles. The quantitative estimate of drug-likeness (QED) is 0.343. The van der Waals surface area contributed by atoms with E-state index in [2.05, 4.69) is 30.8 Å². The lowest BCUT2D eigenvalue weighted by molar-refractivity contribution is 0.0123. The van der Waals surface area contributed by atoms with E-state index in [0.29, 0.717) is 38.9 Å². The summed E-state index contributed by atoms with van der Waals surface area (Å²) < 4.78 is 6.19. The predicted octanol–water partition coefficient (Wildman–Crippen LogP) is 5.94. The first-order chi connectivity index (χ1) is 13.5. The molecule has 156 valence electrons. The van der Waals surface area contributed by atoms with E-state index in [9.17, 15) is 4.79 Å². The Kier molecular flexibility index (Phi) is 5.55. The van der Waals surface area contributed by atoms with Crippen molar-refractivity contribution >= 4 is 73.5 Å². The summed E-state index contributed by atoms with van der Waals surface area (Å²) >= 11 is 22.4. The molecule has 6 nitrogen and oxygen atoms in total. The fourth-order valence-electron chi connectivity index (χ4n) is 4.06. The van der Waals surface area contributed by atoms with Gasteiger partial charge in [-0.25, -0.2) is 9.78 Å². The predicted molar refractivity (Wildman–Crippen MR) is 119 cm³/mol. The van der Waals surface area contributed by atoms with Gasteiger partial charge in [-0.2, -0.15) is 4.98 Å². The molecular weight excluding hydrogens is 502 g/mol. The van der Waals surface area contributed by atoms with Crippen LogP contribution in [0.2, 0.25) is 15.3 Å². The first-order valence-electron chi connectivity index (χ1n) is 9.32. The molecule has 0 aliphatic carbocycles. The van der Waals surface area contributed by atoms with Gasteiger partial charge in [0.15, 0.2) is 0 Å². The number of aromatic nitrogens is 2. The van der Waals surface area contributed by atoms with Gasteiger partial charge in [-0.3, -0.25) is 4.90 Å². The largest absolute Gasteiger partial charge is 0.444 e. The number of halogens is 4. The third-order valence-corrected chi connectivity index (χ3v) is 7.28. The molecule has 0 saturated carbocycles. The summed E-state index contributed by atoms with van der Waals surface area (Å²) in [4.78, 5) is 25.5. The molecule has 1 amide bonds. The zero-order valence-corrected chi connectivity index (χ0v) is 20.0. The van der Waals surface area contributed by atoms with Gasteiger partial charge in [0, 0.05) is 18.5 Å². The molecule has 2 saturated heterocycles. The Morgan fingerprint density at radius 2 is 1.79 bits per heavy atom. The van der Waals surface area contributed by atoms with E-state index in [1.54, 1.807) is 6.07 Å². The van der Waals surface area contributed by atoms with E-state index in [4.69, 9.17) is 39.5 Å². The van der Waals surface area contributed by atoms with Crippen molar-refractivity contribution in [3.8, 4) is 0 Å². The van der Waals surface area contributed by atoms with Crippen molar-refractivity contribution in [2.75, 3.05) is 18.0 Å². The highest BCUT2D eigenvalue weighted by molar-refractivity contribution is 9.10. The van der Waals surface area contributed by atoms with Gasteiger partial charge in [-0.05, 0) is 67.2 Å². The summed E-state index contributed by atoms with van der Waals surface area (Å²) in [5.74, 6) is 0.678. The van der Waals surface area contributed by atoms with Crippen LogP contribution in [0.3, 0.4) is 0 Å². The fourth-order valence-corrected chi connectivity index (χ4v) is 5.02. The van der Waals surface area contributed by atoms with Crippen molar-refractivity contribution in [2.45, 2.75) is 51.3 Å². The summed E-state index contributed by atoms with van der Waals surface area (Å²) in [6.07, 6.45) is 1.58. The topological polar surface area (TPSA) is 58.6 Å². The van der Waals surface area contributed by atoms with Crippen LogP contribution >= 0.6 is 50.7 Å². The Morgan fingerprint density at radius 1 is 1.17 bits per heavy atom. The molecule has 2 bridgehead atoms. The molecule has 2 atom stereocenters. The lowest BCUT2D eigenvalue weighted by atomic mass is 10.1. The van der Waals surface area contributed by atoms with Crippen LogP contribution in [-0.2, 0) is 4.74 Å². The Morgan fingerprint density at radius 3 is 2.38 bits per heavy atom. The highest BCUT2D eigenvalue weighted by Gasteiger charge is 2.45. The third kappa shape index (κ3) is 3.99. The van der Waals surface area contributed by atoms with Crippen LogP contribution < -0.4 is 4.90 Å². The molecule has 0 N–H and O–H groups in total. The van der Waals surface area contributed by atoms with Crippen molar-refractivity contribution in [3.05, 3.63) is 25.9 Å². The second-order valence-corrected chi connectivity index (χ2v) is 10.3. The van der Waals surface area contributed by atoms with E-state index in [-0.39, 0.29) is 23.5 Å². The monoisotopic (exact) mass is 520 g/mol. The highest BCUT2D eigenvalue weighted by Crippen LogP contribution is 2.41. The van der Waals surface area contributed by atoms with Crippen LogP contribution in [0.15, 0.2) is 10.5 Å². The van der Waals surface area contributed by atoms with Gasteiger partial charge in [-0.1, -0.05) is 23.2 Å². The number of hydrogen-bond acceptors (Lipinski definition) is 5. The number of nitrogens with zero attached hydrogens (tertiary/aromatic N) is 4. The third-order valence-electron chi connectivity index (χ3n) is 5.17. The second-order valence-electron chi connectivity index (χ2n) is 8.38. The first kappa shape index (κ1) is 21.2. The number of carbonyl (C=O) groups is 1. The van der Waals surface area contributed by atoms with Gasteiger partial charge in [-0.15, -0.1) is 0 Å². The molecule has 1 aromatic carbocycles. The van der Waals surface area contributed by atoms with Gasteiger partial charge >= 0.3 is 6.09 Å². The normalized spacial score (nSPS) is 21.8. The Hall–Kier alpha value is -1.02. The first-order valence-corrected chi connectivity index (χ1v) is 11.2. The summed E-state index contributed by atoms with van der Waals surface area (Å²) in [5.41, 5.74) is 0.0186. The van der Waals surface area contributed by atoms with E-state index in [0.717, 1.165) is 18.2 Å². The zero-order chi connectivity index (χ0) is 21.1. The van der Waals surface area contributed by atoms with Gasteiger partial charge < -0.3 is 9.64 Å². The van der Waals surface area contributed by atoms with Crippen LogP contribution in [0.25, 0.3) is 10.9 Å². The van der Waals surface area contributed by atoms with Crippen LogP contribution in [-0.4, -0.2) is 51.7 Å². The van der Waals surface area contributed by atoms with Crippen LogP contribution in [0.1, 0.15) is 33.6 Å². The van der Waals surface area contributed by atoms with Crippen LogP contribution in [0.4, 0.5) is 10.6 Å². The van der Waals surface area contributed by atoms with Crippen LogP contribution in [0, 0.1) is 0 Å². The number of amides is 1. The number of piperazine rings is 1. The number of benzene rings is 1. The van der Waals surface area contributed by atoms with Crippen molar-refractivity contribution in [2.24, 2.45) is 0 Å². The lowest BCUT2D eigenvalue weighted by Gasteiger charge is -2.42. The molecule has 0 spiro atoms. The lowest BCUT2D eigenvalue weighted by Crippen LogP contribution is -2.57. The summed E-state index contributed by atoms with van der Waals surface area (Å²) in [6, 6.07) is 1.89. The van der Waals surface area contributed by atoms with Crippen molar-refractivity contribution in [1.29, 1.82) is 0 Å². The van der Waals surface area contributed by atoms with Crippen molar-refractivity contribution in [3.63, 3.8) is 0 Å². The van der Waals surface area contributed by atoms with E-state index < -0.39 is 5.60 Å². The standard InChI is InChI=1S/C19H20BrCl3N4O2/c1-19(2,3)29-18(28)27-9-4-5-10(27)8-26(7-9)16-11-6-12(21)13(20)14(22)15(11)24-17(23)25-16/h6,9-10H,4-5,7-8H2,1-3H3. The molecule has 10 heteroatoms. The number of hydrogen-bond donors (Lipinski definition) is 0. The fraction of sp³-hybridized carbons (Fsp3) is 0.526. The minimum absolute atomic E-state index is 0.0498. The minimum Gasteiger partial charge on any atom is -0.444 e. The van der Waals surface area contributed by atoms with E-state index >= 15 is 0 Å². The summed E-state index contributed by atoms with van der Waals surface area (Å²) in [7, 11) is 0. The maximum atomic E-state index is 12.7. The Bertz CT molecular complexity index is 984. The molecular formula is C19H20BrCl3N4O2. The number of fused-ring (bicyclic) bond motifs is 3. The highest BCUT2D eigenvalue weighted by atomic mass is 79.9. The molecule has 29 heavy (non-hydrogen) atoms. The summed E-state index contributed by atoms with van der Waals surface area (Å²) in [5, 5.41) is 1.72. The van der Waals surface area contributed by atoms with Gasteiger partial charge in [0.2, 0.25) is 5.28 Å². The number of anilines is 1. The maximum Gasteiger partial charge on any atom is 0.410 e. The molecule has 2 aliphatic rings.